The van der Waals surface area contributed by atoms with Crippen LogP contribution < -0.4 is 20.7 Å². The van der Waals surface area contributed by atoms with E-state index in [1.54, 1.807) is 31.4 Å². The molecule has 118 valence electrons. The van der Waals surface area contributed by atoms with Gasteiger partial charge in [-0.25, -0.2) is 4.79 Å². The lowest BCUT2D eigenvalue weighted by molar-refractivity contribution is -0.116. The van der Waals surface area contributed by atoms with Crippen LogP contribution in [0, 0.1) is 0 Å². The van der Waals surface area contributed by atoms with Crippen LogP contribution in [0.3, 0.4) is 0 Å². The van der Waals surface area contributed by atoms with Gasteiger partial charge in [-0.2, -0.15) is 0 Å². The lowest BCUT2D eigenvalue weighted by atomic mass is 10.0. The maximum atomic E-state index is 12.1. The fraction of sp³-hybridized carbons (Fsp3) is 0.176. The fourth-order valence-electron chi connectivity index (χ4n) is 2.49. The Labute approximate surface area is 133 Å². The zero-order valence-corrected chi connectivity index (χ0v) is 12.7. The van der Waals surface area contributed by atoms with Crippen LogP contribution in [0.4, 0.5) is 21.9 Å². The third-order valence-electron chi connectivity index (χ3n) is 3.61. The van der Waals surface area contributed by atoms with Crippen molar-refractivity contribution in [3.8, 4) is 5.75 Å². The first-order valence-corrected chi connectivity index (χ1v) is 7.29. The number of aryl methyl sites for hydroxylation is 1. The molecule has 0 spiro atoms. The molecule has 0 aromatic heterocycles. The smallest absolute Gasteiger partial charge is 0.323 e. The van der Waals surface area contributed by atoms with Gasteiger partial charge in [-0.1, -0.05) is 12.1 Å². The molecule has 0 radical (unpaired) electrons. The van der Waals surface area contributed by atoms with Gasteiger partial charge in [-0.05, 0) is 42.3 Å². The summed E-state index contributed by atoms with van der Waals surface area (Å²) in [7, 11) is 1.55. The van der Waals surface area contributed by atoms with Crippen LogP contribution in [0.2, 0.25) is 0 Å². The highest BCUT2D eigenvalue weighted by molar-refractivity contribution is 6.01. The van der Waals surface area contributed by atoms with Gasteiger partial charge in [0.05, 0.1) is 12.8 Å². The number of benzene rings is 2. The molecule has 6 heteroatoms. The number of methoxy groups -OCH3 is 1. The van der Waals surface area contributed by atoms with Gasteiger partial charge < -0.3 is 20.7 Å². The van der Waals surface area contributed by atoms with E-state index in [1.807, 2.05) is 18.2 Å². The molecule has 3 rings (SSSR count). The van der Waals surface area contributed by atoms with Crippen molar-refractivity contribution in [1.29, 1.82) is 0 Å². The second-order valence-electron chi connectivity index (χ2n) is 5.20. The summed E-state index contributed by atoms with van der Waals surface area (Å²) in [4.78, 5) is 23.5. The van der Waals surface area contributed by atoms with Crippen LogP contribution in [0.5, 0.6) is 5.75 Å². The van der Waals surface area contributed by atoms with Crippen molar-refractivity contribution in [1.82, 2.24) is 0 Å². The van der Waals surface area contributed by atoms with Gasteiger partial charge in [-0.3, -0.25) is 4.79 Å². The Hall–Kier alpha value is -3.02. The number of carbonyl (C=O) groups excluding carboxylic acids is 2. The highest BCUT2D eigenvalue weighted by Crippen LogP contribution is 2.26. The number of carbonyl (C=O) groups is 2. The van der Waals surface area contributed by atoms with E-state index in [2.05, 4.69) is 16.0 Å². The van der Waals surface area contributed by atoms with Crippen molar-refractivity contribution in [2.75, 3.05) is 23.1 Å². The van der Waals surface area contributed by atoms with Gasteiger partial charge in [0.2, 0.25) is 5.91 Å². The Bertz CT molecular complexity index is 758. The third kappa shape index (κ3) is 3.42. The normalized spacial score (nSPS) is 12.8. The first-order chi connectivity index (χ1) is 11.2. The van der Waals surface area contributed by atoms with Crippen LogP contribution >= 0.6 is 0 Å². The van der Waals surface area contributed by atoms with Crippen molar-refractivity contribution in [3.63, 3.8) is 0 Å². The van der Waals surface area contributed by atoms with E-state index < -0.39 is 0 Å². The van der Waals surface area contributed by atoms with Crippen LogP contribution in [-0.2, 0) is 11.2 Å². The summed E-state index contributed by atoms with van der Waals surface area (Å²) < 4.78 is 5.20. The molecule has 0 aliphatic carbocycles. The first kappa shape index (κ1) is 14.9. The molecule has 0 atom stereocenters. The molecule has 1 aliphatic rings. The molecule has 1 aliphatic heterocycles. The van der Waals surface area contributed by atoms with Crippen LogP contribution in [0.25, 0.3) is 0 Å². The van der Waals surface area contributed by atoms with E-state index in [1.165, 1.54) is 0 Å². The highest BCUT2D eigenvalue weighted by Gasteiger charge is 2.15. The molecule has 0 unspecified atom stereocenters. The topological polar surface area (TPSA) is 79.5 Å². The molecular formula is C17H17N3O3. The van der Waals surface area contributed by atoms with E-state index in [0.717, 1.165) is 11.3 Å². The summed E-state index contributed by atoms with van der Waals surface area (Å²) in [5, 5.41) is 8.35. The van der Waals surface area contributed by atoms with Gasteiger partial charge in [0.15, 0.2) is 0 Å². The van der Waals surface area contributed by atoms with Crippen molar-refractivity contribution in [2.45, 2.75) is 12.8 Å². The molecule has 0 fully saturated rings. The van der Waals surface area contributed by atoms with E-state index in [0.29, 0.717) is 30.0 Å². The van der Waals surface area contributed by atoms with E-state index in [-0.39, 0.29) is 11.9 Å². The second-order valence-corrected chi connectivity index (χ2v) is 5.20. The van der Waals surface area contributed by atoms with Crippen molar-refractivity contribution in [2.24, 2.45) is 0 Å². The lowest BCUT2D eigenvalue weighted by Gasteiger charge is -2.18. The zero-order chi connectivity index (χ0) is 16.2. The minimum atomic E-state index is -0.353. The van der Waals surface area contributed by atoms with Crippen LogP contribution in [0.15, 0.2) is 42.5 Å². The minimum Gasteiger partial charge on any atom is -0.495 e. The maximum Gasteiger partial charge on any atom is 0.323 e. The quantitative estimate of drug-likeness (QED) is 0.814. The van der Waals surface area contributed by atoms with Gasteiger partial charge >= 0.3 is 6.03 Å². The molecule has 0 saturated heterocycles. The van der Waals surface area contributed by atoms with E-state index in [4.69, 9.17) is 4.74 Å². The number of para-hydroxylation sites is 2. The number of fused-ring (bicyclic) bond motifs is 1. The molecule has 1 heterocycles. The van der Waals surface area contributed by atoms with E-state index in [9.17, 15) is 9.59 Å². The molecule has 0 bridgehead atoms. The molecule has 0 saturated carbocycles. The third-order valence-corrected chi connectivity index (χ3v) is 3.61. The summed E-state index contributed by atoms with van der Waals surface area (Å²) >= 11 is 0. The van der Waals surface area contributed by atoms with Crippen molar-refractivity contribution in [3.05, 3.63) is 48.0 Å². The van der Waals surface area contributed by atoms with Crippen molar-refractivity contribution < 1.29 is 14.3 Å². The standard InChI is InChI=1S/C17H17N3O3/c1-23-15-5-3-2-4-14(15)20-17(22)18-12-7-8-13-11(10-12)6-9-16(21)19-13/h2-5,7-8,10H,6,9H2,1H3,(H,19,21)(H2,18,20,22). The Kier molecular flexibility index (Phi) is 4.14. The number of nitrogens with one attached hydrogen (secondary N) is 3. The van der Waals surface area contributed by atoms with Gasteiger partial charge in [0.25, 0.3) is 0 Å². The summed E-state index contributed by atoms with van der Waals surface area (Å²) in [5.41, 5.74) is 3.08. The number of rotatable bonds is 3. The summed E-state index contributed by atoms with van der Waals surface area (Å²) in [6.07, 6.45) is 1.13. The Morgan fingerprint density at radius 3 is 2.78 bits per heavy atom. The van der Waals surface area contributed by atoms with Crippen LogP contribution in [0.1, 0.15) is 12.0 Å². The largest absolute Gasteiger partial charge is 0.495 e. The highest BCUT2D eigenvalue weighted by atomic mass is 16.5. The Balaban J connectivity index is 1.70. The second kappa shape index (κ2) is 6.39. The molecule has 3 amide bonds. The van der Waals surface area contributed by atoms with E-state index >= 15 is 0 Å². The number of hydrogen-bond donors (Lipinski definition) is 3. The lowest BCUT2D eigenvalue weighted by Crippen LogP contribution is -2.21. The molecular weight excluding hydrogens is 294 g/mol. The number of amides is 3. The number of ether oxygens (including phenoxy) is 1. The fourth-order valence-corrected chi connectivity index (χ4v) is 2.49. The number of anilines is 3. The maximum absolute atomic E-state index is 12.1. The molecule has 23 heavy (non-hydrogen) atoms. The molecule has 6 nitrogen and oxygen atoms in total. The number of hydrogen-bond acceptors (Lipinski definition) is 3. The van der Waals surface area contributed by atoms with Gasteiger partial charge in [0, 0.05) is 17.8 Å². The summed E-state index contributed by atoms with van der Waals surface area (Å²) in [5.74, 6) is 0.614. The van der Waals surface area contributed by atoms with Crippen LogP contribution in [-0.4, -0.2) is 19.0 Å². The molecule has 3 N–H and O–H groups in total. The average molecular weight is 311 g/mol. The summed E-state index contributed by atoms with van der Waals surface area (Å²) in [6, 6.07) is 12.3. The van der Waals surface area contributed by atoms with Crippen molar-refractivity contribution >= 4 is 29.0 Å². The Morgan fingerprint density at radius 1 is 1.13 bits per heavy atom. The predicted molar refractivity (Wildman–Crippen MR) is 89.0 cm³/mol. The van der Waals surface area contributed by atoms with Gasteiger partial charge in [0.1, 0.15) is 5.75 Å². The zero-order valence-electron chi connectivity index (χ0n) is 12.7. The molecule has 2 aromatic rings. The SMILES string of the molecule is COc1ccccc1NC(=O)Nc1ccc2c(c1)CCC(=O)N2. The average Bonchev–Trinajstić information content (AvgIpc) is 2.55. The molecule has 2 aromatic carbocycles. The number of urea groups is 1. The minimum absolute atomic E-state index is 0.0205. The first-order valence-electron chi connectivity index (χ1n) is 7.29. The monoisotopic (exact) mass is 311 g/mol. The summed E-state index contributed by atoms with van der Waals surface area (Å²) in [6.45, 7) is 0. The predicted octanol–water partition coefficient (Wildman–Crippen LogP) is 3.22. The Morgan fingerprint density at radius 2 is 1.96 bits per heavy atom. The van der Waals surface area contributed by atoms with Gasteiger partial charge in [-0.15, -0.1) is 0 Å².